The largest absolute Gasteiger partial charge is 0.367 e. The second-order valence-corrected chi connectivity index (χ2v) is 9.49. The molecule has 0 radical (unpaired) electrons. The summed E-state index contributed by atoms with van der Waals surface area (Å²) < 4.78 is 14.0. The average molecular weight is 466 g/mol. The van der Waals surface area contributed by atoms with Gasteiger partial charge in [-0.05, 0) is 43.7 Å². The first-order valence-corrected chi connectivity index (χ1v) is 11.7. The van der Waals surface area contributed by atoms with Crippen molar-refractivity contribution in [3.05, 3.63) is 64.9 Å². The molecule has 7 nitrogen and oxygen atoms in total. The Labute approximate surface area is 195 Å². The van der Waals surface area contributed by atoms with Gasteiger partial charge in [-0.15, -0.1) is 11.3 Å². The summed E-state index contributed by atoms with van der Waals surface area (Å²) in [6.07, 6.45) is 0. The van der Waals surface area contributed by atoms with Crippen molar-refractivity contribution in [1.29, 1.82) is 0 Å². The highest BCUT2D eigenvalue weighted by atomic mass is 32.1. The minimum absolute atomic E-state index is 0.0869. The molecule has 1 fully saturated rings. The molecule has 0 unspecified atom stereocenters. The molecule has 1 saturated heterocycles. The van der Waals surface area contributed by atoms with Crippen LogP contribution in [-0.4, -0.2) is 43.0 Å². The topological polar surface area (TPSA) is 77.6 Å². The molecule has 3 heterocycles. The van der Waals surface area contributed by atoms with E-state index in [4.69, 9.17) is 0 Å². The lowest BCUT2D eigenvalue weighted by Crippen LogP contribution is -2.43. The Morgan fingerprint density at radius 1 is 1.15 bits per heavy atom. The van der Waals surface area contributed by atoms with E-state index in [0.29, 0.717) is 10.8 Å². The fourth-order valence-corrected chi connectivity index (χ4v) is 5.15. The van der Waals surface area contributed by atoms with Crippen molar-refractivity contribution in [2.75, 3.05) is 41.3 Å². The summed E-state index contributed by atoms with van der Waals surface area (Å²) in [5.74, 6) is -0.959. The van der Waals surface area contributed by atoms with Crippen LogP contribution in [0.5, 0.6) is 0 Å². The van der Waals surface area contributed by atoms with Gasteiger partial charge in [0, 0.05) is 31.6 Å². The standard InChI is InChI=1S/C24H24FN5O2S/c1-24(2)16-5-3-4-6-19(16)30(22(24)32)23-28-18(14-33-23)21(31)27-17-13-15(25)7-8-20(17)29-11-9-26-10-12-29/h3-8,13-14,26H,9-12H2,1-2H3,(H,27,31). The van der Waals surface area contributed by atoms with Crippen LogP contribution in [0.1, 0.15) is 29.9 Å². The minimum atomic E-state index is -0.676. The molecule has 2 aromatic carbocycles. The number of aromatic nitrogens is 1. The van der Waals surface area contributed by atoms with Gasteiger partial charge in [-0.25, -0.2) is 9.37 Å². The molecule has 1 aromatic heterocycles. The zero-order chi connectivity index (χ0) is 23.2. The molecule has 170 valence electrons. The highest BCUT2D eigenvalue weighted by Gasteiger charge is 2.45. The number of halogens is 1. The van der Waals surface area contributed by atoms with Crippen LogP contribution in [-0.2, 0) is 10.2 Å². The van der Waals surface area contributed by atoms with E-state index in [1.807, 2.05) is 38.1 Å². The average Bonchev–Trinajstić information content (AvgIpc) is 3.37. The Morgan fingerprint density at radius 3 is 2.70 bits per heavy atom. The molecule has 0 spiro atoms. The van der Waals surface area contributed by atoms with E-state index >= 15 is 0 Å². The molecule has 2 N–H and O–H groups in total. The van der Waals surface area contributed by atoms with Gasteiger partial charge < -0.3 is 15.5 Å². The van der Waals surface area contributed by atoms with E-state index in [1.165, 1.54) is 23.5 Å². The van der Waals surface area contributed by atoms with Gasteiger partial charge in [0.25, 0.3) is 5.91 Å². The van der Waals surface area contributed by atoms with Gasteiger partial charge >= 0.3 is 0 Å². The number of carbonyl (C=O) groups excluding carboxylic acids is 2. The van der Waals surface area contributed by atoms with Crippen molar-refractivity contribution < 1.29 is 14.0 Å². The highest BCUT2D eigenvalue weighted by Crippen LogP contribution is 2.45. The molecule has 0 atom stereocenters. The van der Waals surface area contributed by atoms with Crippen LogP contribution in [0.25, 0.3) is 0 Å². The first-order valence-electron chi connectivity index (χ1n) is 10.8. The second kappa shape index (κ2) is 8.24. The van der Waals surface area contributed by atoms with Crippen LogP contribution in [0, 0.1) is 5.82 Å². The molecule has 5 rings (SSSR count). The Balaban J connectivity index is 1.41. The molecule has 2 aliphatic rings. The number of rotatable bonds is 4. The van der Waals surface area contributed by atoms with E-state index < -0.39 is 17.1 Å². The molecule has 0 bridgehead atoms. The van der Waals surface area contributed by atoms with E-state index in [2.05, 4.69) is 20.5 Å². The SMILES string of the molecule is CC1(C)C(=O)N(c2nc(C(=O)Nc3cc(F)ccc3N3CCNCC3)cs2)c2ccccc21. The third-order valence-corrected chi connectivity index (χ3v) is 6.96. The van der Waals surface area contributed by atoms with Crippen LogP contribution in [0.4, 0.5) is 26.6 Å². The molecule has 2 aliphatic heterocycles. The smallest absolute Gasteiger partial charge is 0.275 e. The first kappa shape index (κ1) is 21.5. The van der Waals surface area contributed by atoms with Crippen molar-refractivity contribution in [3.8, 4) is 0 Å². The minimum Gasteiger partial charge on any atom is -0.367 e. The Kier molecular flexibility index (Phi) is 5.38. The zero-order valence-corrected chi connectivity index (χ0v) is 19.2. The van der Waals surface area contributed by atoms with Crippen molar-refractivity contribution >= 4 is 45.3 Å². The number of amides is 2. The maximum absolute atomic E-state index is 14.0. The summed E-state index contributed by atoms with van der Waals surface area (Å²) in [7, 11) is 0. The van der Waals surface area contributed by atoms with Crippen LogP contribution in [0.15, 0.2) is 47.8 Å². The monoisotopic (exact) mass is 465 g/mol. The van der Waals surface area contributed by atoms with Crippen molar-refractivity contribution in [2.24, 2.45) is 0 Å². The predicted molar refractivity (Wildman–Crippen MR) is 128 cm³/mol. The molecule has 0 aliphatic carbocycles. The van der Waals surface area contributed by atoms with E-state index in [9.17, 15) is 14.0 Å². The second-order valence-electron chi connectivity index (χ2n) is 8.65. The third kappa shape index (κ3) is 3.77. The summed E-state index contributed by atoms with van der Waals surface area (Å²) in [5.41, 5.74) is 2.38. The number of hydrogen-bond donors (Lipinski definition) is 2. The van der Waals surface area contributed by atoms with E-state index in [0.717, 1.165) is 43.1 Å². The van der Waals surface area contributed by atoms with E-state index in [-0.39, 0.29) is 11.6 Å². The number of fused-ring (bicyclic) bond motifs is 1. The predicted octanol–water partition coefficient (Wildman–Crippen LogP) is 3.90. The van der Waals surface area contributed by atoms with Gasteiger partial charge in [0.05, 0.1) is 22.5 Å². The lowest BCUT2D eigenvalue weighted by atomic mass is 9.86. The van der Waals surface area contributed by atoms with Crippen LogP contribution in [0.2, 0.25) is 0 Å². The molecule has 0 saturated carbocycles. The number of piperazine rings is 1. The van der Waals surface area contributed by atoms with Crippen molar-refractivity contribution in [2.45, 2.75) is 19.3 Å². The van der Waals surface area contributed by atoms with Gasteiger partial charge in [-0.3, -0.25) is 14.5 Å². The molecule has 9 heteroatoms. The van der Waals surface area contributed by atoms with Crippen LogP contribution in [0.3, 0.4) is 0 Å². The Hall–Kier alpha value is -3.30. The summed E-state index contributed by atoms with van der Waals surface area (Å²) in [6, 6.07) is 12.0. The highest BCUT2D eigenvalue weighted by molar-refractivity contribution is 7.14. The first-order chi connectivity index (χ1) is 15.9. The number of hydrogen-bond acceptors (Lipinski definition) is 6. The number of para-hydroxylation sites is 1. The summed E-state index contributed by atoms with van der Waals surface area (Å²) in [6.45, 7) is 6.95. The Morgan fingerprint density at radius 2 is 1.91 bits per heavy atom. The molecule has 2 amide bonds. The molecular formula is C24H24FN5O2S. The molecular weight excluding hydrogens is 441 g/mol. The number of anilines is 4. The normalized spacial score (nSPS) is 17.2. The maximum atomic E-state index is 14.0. The number of carbonyl (C=O) groups is 2. The zero-order valence-electron chi connectivity index (χ0n) is 18.4. The van der Waals surface area contributed by atoms with Crippen molar-refractivity contribution in [3.63, 3.8) is 0 Å². The third-order valence-electron chi connectivity index (χ3n) is 6.14. The van der Waals surface area contributed by atoms with Gasteiger partial charge in [-0.2, -0.15) is 0 Å². The summed E-state index contributed by atoms with van der Waals surface area (Å²) in [4.78, 5) is 34.3. The van der Waals surface area contributed by atoms with Crippen molar-refractivity contribution in [1.82, 2.24) is 10.3 Å². The quantitative estimate of drug-likeness (QED) is 0.611. The molecule has 33 heavy (non-hydrogen) atoms. The van der Waals surface area contributed by atoms with Crippen LogP contribution < -0.4 is 20.4 Å². The number of nitrogens with zero attached hydrogens (tertiary/aromatic N) is 3. The summed E-state index contributed by atoms with van der Waals surface area (Å²) in [5, 5.41) is 8.15. The fourth-order valence-electron chi connectivity index (χ4n) is 4.34. The molecule has 3 aromatic rings. The Bertz CT molecular complexity index is 1240. The number of benzene rings is 2. The van der Waals surface area contributed by atoms with E-state index in [1.54, 1.807) is 16.3 Å². The van der Waals surface area contributed by atoms with Gasteiger partial charge in [0.2, 0.25) is 5.91 Å². The lowest BCUT2D eigenvalue weighted by molar-refractivity contribution is -0.121. The van der Waals surface area contributed by atoms with Gasteiger partial charge in [-0.1, -0.05) is 18.2 Å². The lowest BCUT2D eigenvalue weighted by Gasteiger charge is -2.31. The number of nitrogens with one attached hydrogen (secondary N) is 2. The number of thiazole rings is 1. The van der Waals surface area contributed by atoms with Crippen LogP contribution >= 0.6 is 11.3 Å². The van der Waals surface area contributed by atoms with Gasteiger partial charge in [0.1, 0.15) is 11.5 Å². The maximum Gasteiger partial charge on any atom is 0.275 e. The summed E-state index contributed by atoms with van der Waals surface area (Å²) >= 11 is 1.23. The fraction of sp³-hybridized carbons (Fsp3) is 0.292. The van der Waals surface area contributed by atoms with Gasteiger partial charge in [0.15, 0.2) is 5.13 Å².